The average molecular weight is 248 g/mol. The second kappa shape index (κ2) is 4.76. The predicted octanol–water partition coefficient (Wildman–Crippen LogP) is 1.78. The number of hydrogen-bond acceptors (Lipinski definition) is 4. The van der Waals surface area contributed by atoms with Gasteiger partial charge in [0.05, 0.1) is 0 Å². The summed E-state index contributed by atoms with van der Waals surface area (Å²) in [7, 11) is -3.70. The van der Waals surface area contributed by atoms with Crippen LogP contribution < -0.4 is 0 Å². The number of carboxylic acid groups (broad SMARTS) is 1. The number of rotatable bonds is 5. The number of thiophene rings is 1. The Bertz CT molecular complexity index is 419. The Balaban J connectivity index is 3.08. The van der Waals surface area contributed by atoms with Crippen LogP contribution >= 0.6 is 11.3 Å². The molecule has 1 heterocycles. The monoisotopic (exact) mass is 248 g/mol. The van der Waals surface area contributed by atoms with E-state index in [9.17, 15) is 13.2 Å². The van der Waals surface area contributed by atoms with E-state index in [-0.39, 0.29) is 10.6 Å². The number of sulfone groups is 1. The second-order valence-electron chi connectivity index (χ2n) is 3.09. The smallest absolute Gasteiger partial charge is 0.322 e. The van der Waals surface area contributed by atoms with Crippen LogP contribution in [0.3, 0.4) is 0 Å². The Morgan fingerprint density at radius 1 is 1.60 bits per heavy atom. The Morgan fingerprint density at radius 3 is 2.67 bits per heavy atom. The van der Waals surface area contributed by atoms with Gasteiger partial charge in [-0.05, 0) is 17.9 Å². The van der Waals surface area contributed by atoms with Crippen molar-refractivity contribution in [3.63, 3.8) is 0 Å². The maximum absolute atomic E-state index is 11.9. The van der Waals surface area contributed by atoms with Gasteiger partial charge < -0.3 is 5.11 Å². The van der Waals surface area contributed by atoms with E-state index in [0.29, 0.717) is 6.42 Å². The van der Waals surface area contributed by atoms with E-state index in [0.717, 1.165) is 11.3 Å². The van der Waals surface area contributed by atoms with Crippen molar-refractivity contribution >= 4 is 27.1 Å². The summed E-state index contributed by atoms with van der Waals surface area (Å²) in [5.41, 5.74) is 0. The van der Waals surface area contributed by atoms with Crippen molar-refractivity contribution in [2.24, 2.45) is 0 Å². The minimum Gasteiger partial charge on any atom is -0.480 e. The van der Waals surface area contributed by atoms with Crippen LogP contribution in [0, 0.1) is 0 Å². The molecule has 4 nitrogen and oxygen atoms in total. The van der Waals surface area contributed by atoms with Crippen molar-refractivity contribution in [1.82, 2.24) is 0 Å². The lowest BCUT2D eigenvalue weighted by atomic mass is 10.2. The van der Waals surface area contributed by atoms with Gasteiger partial charge in [0.25, 0.3) is 0 Å². The standard InChI is InChI=1S/C9H12O4S2/c1-2-4-7(9(10)11)15(12,13)8-5-3-6-14-8/h3,5-7H,2,4H2,1H3,(H,10,11). The lowest BCUT2D eigenvalue weighted by Gasteiger charge is -2.10. The molecular weight excluding hydrogens is 236 g/mol. The normalized spacial score (nSPS) is 13.7. The van der Waals surface area contributed by atoms with E-state index < -0.39 is 21.1 Å². The highest BCUT2D eigenvalue weighted by Gasteiger charge is 2.33. The van der Waals surface area contributed by atoms with E-state index >= 15 is 0 Å². The van der Waals surface area contributed by atoms with Crippen LogP contribution in [0.5, 0.6) is 0 Å². The fraction of sp³-hybridized carbons (Fsp3) is 0.444. The summed E-state index contributed by atoms with van der Waals surface area (Å²) in [6, 6.07) is 3.04. The number of hydrogen-bond donors (Lipinski definition) is 1. The molecule has 0 bridgehead atoms. The molecule has 0 saturated carbocycles. The fourth-order valence-electron chi connectivity index (χ4n) is 1.24. The summed E-state index contributed by atoms with van der Waals surface area (Å²) < 4.78 is 23.8. The lowest BCUT2D eigenvalue weighted by molar-refractivity contribution is -0.136. The van der Waals surface area contributed by atoms with Gasteiger partial charge in [0.15, 0.2) is 5.25 Å². The minimum atomic E-state index is -3.70. The zero-order valence-electron chi connectivity index (χ0n) is 8.21. The van der Waals surface area contributed by atoms with E-state index in [1.54, 1.807) is 18.4 Å². The molecule has 0 aliphatic carbocycles. The molecular formula is C9H12O4S2. The Hall–Kier alpha value is -0.880. The highest BCUT2D eigenvalue weighted by Crippen LogP contribution is 2.23. The summed E-state index contributed by atoms with van der Waals surface area (Å²) in [4.78, 5) is 10.9. The van der Waals surface area contributed by atoms with Crippen LogP contribution in [0.4, 0.5) is 0 Å². The first kappa shape index (κ1) is 12.2. The van der Waals surface area contributed by atoms with Gasteiger partial charge in [-0.15, -0.1) is 11.3 Å². The molecule has 0 fully saturated rings. The molecule has 1 aromatic rings. The quantitative estimate of drug-likeness (QED) is 0.862. The molecule has 1 N–H and O–H groups in total. The summed E-state index contributed by atoms with van der Waals surface area (Å²) in [6.45, 7) is 1.76. The molecule has 0 aliphatic rings. The Labute approximate surface area is 92.5 Å². The first-order valence-electron chi connectivity index (χ1n) is 4.50. The molecule has 6 heteroatoms. The van der Waals surface area contributed by atoms with Crippen LogP contribution in [0.1, 0.15) is 19.8 Å². The predicted molar refractivity (Wildman–Crippen MR) is 57.8 cm³/mol. The topological polar surface area (TPSA) is 71.4 Å². The molecule has 84 valence electrons. The Morgan fingerprint density at radius 2 is 2.27 bits per heavy atom. The molecule has 1 rings (SSSR count). The second-order valence-corrected chi connectivity index (χ2v) is 6.40. The zero-order chi connectivity index (χ0) is 11.5. The summed E-state index contributed by atoms with van der Waals surface area (Å²) in [6.07, 6.45) is 0.678. The van der Waals surface area contributed by atoms with Crippen molar-refractivity contribution in [2.45, 2.75) is 29.2 Å². The third kappa shape index (κ3) is 2.57. The molecule has 1 atom stereocenters. The molecule has 0 spiro atoms. The third-order valence-electron chi connectivity index (χ3n) is 1.98. The first-order chi connectivity index (χ1) is 7.00. The van der Waals surface area contributed by atoms with E-state index in [4.69, 9.17) is 5.11 Å². The largest absolute Gasteiger partial charge is 0.480 e. The molecule has 0 radical (unpaired) electrons. The summed E-state index contributed by atoms with van der Waals surface area (Å²) >= 11 is 1.05. The van der Waals surface area contributed by atoms with E-state index in [1.807, 2.05) is 0 Å². The first-order valence-corrected chi connectivity index (χ1v) is 6.93. The van der Waals surface area contributed by atoms with Gasteiger partial charge in [0, 0.05) is 0 Å². The highest BCUT2D eigenvalue weighted by atomic mass is 32.2. The molecule has 0 aliphatic heterocycles. The van der Waals surface area contributed by atoms with Crippen LogP contribution in [-0.2, 0) is 14.6 Å². The summed E-state index contributed by atoms with van der Waals surface area (Å²) in [5, 5.41) is 9.17. The van der Waals surface area contributed by atoms with Crippen molar-refractivity contribution in [1.29, 1.82) is 0 Å². The zero-order valence-corrected chi connectivity index (χ0v) is 9.85. The molecule has 1 aromatic heterocycles. The van der Waals surface area contributed by atoms with Gasteiger partial charge >= 0.3 is 5.97 Å². The fourth-order valence-corrected chi connectivity index (χ4v) is 4.10. The number of carbonyl (C=O) groups is 1. The van der Waals surface area contributed by atoms with Crippen molar-refractivity contribution in [3.05, 3.63) is 17.5 Å². The van der Waals surface area contributed by atoms with Gasteiger partial charge in [0.1, 0.15) is 4.21 Å². The van der Waals surface area contributed by atoms with Crippen LogP contribution in [-0.4, -0.2) is 24.7 Å². The molecule has 1 unspecified atom stereocenters. The maximum Gasteiger partial charge on any atom is 0.322 e. The molecule has 0 amide bonds. The Kier molecular flexibility index (Phi) is 3.87. The van der Waals surface area contributed by atoms with E-state index in [2.05, 4.69) is 0 Å². The van der Waals surface area contributed by atoms with Crippen LogP contribution in [0.15, 0.2) is 21.7 Å². The SMILES string of the molecule is CCCC(C(=O)O)S(=O)(=O)c1cccs1. The summed E-state index contributed by atoms with van der Waals surface area (Å²) in [5.74, 6) is -1.27. The van der Waals surface area contributed by atoms with Gasteiger partial charge in [0.2, 0.25) is 9.84 Å². The lowest BCUT2D eigenvalue weighted by Crippen LogP contribution is -2.29. The molecule has 0 saturated heterocycles. The van der Waals surface area contributed by atoms with Gasteiger partial charge in [-0.1, -0.05) is 19.4 Å². The van der Waals surface area contributed by atoms with Crippen molar-refractivity contribution < 1.29 is 18.3 Å². The highest BCUT2D eigenvalue weighted by molar-refractivity contribution is 7.94. The molecule has 0 aromatic carbocycles. The van der Waals surface area contributed by atoms with Gasteiger partial charge in [-0.2, -0.15) is 0 Å². The number of aliphatic carboxylic acids is 1. The van der Waals surface area contributed by atoms with Gasteiger partial charge in [-0.3, -0.25) is 4.79 Å². The average Bonchev–Trinajstić information content (AvgIpc) is 2.66. The molecule has 15 heavy (non-hydrogen) atoms. The van der Waals surface area contributed by atoms with Crippen molar-refractivity contribution in [3.8, 4) is 0 Å². The van der Waals surface area contributed by atoms with Gasteiger partial charge in [-0.25, -0.2) is 8.42 Å². The van der Waals surface area contributed by atoms with Crippen molar-refractivity contribution in [2.75, 3.05) is 0 Å². The third-order valence-corrected chi connectivity index (χ3v) is 5.51. The maximum atomic E-state index is 11.9. The minimum absolute atomic E-state index is 0.128. The van der Waals surface area contributed by atoms with Crippen LogP contribution in [0.2, 0.25) is 0 Å². The van der Waals surface area contributed by atoms with E-state index in [1.165, 1.54) is 6.07 Å². The van der Waals surface area contributed by atoms with Crippen LogP contribution in [0.25, 0.3) is 0 Å². The number of carboxylic acids is 1.